The molecule has 0 radical (unpaired) electrons. The molecule has 0 atom stereocenters. The van der Waals surface area contributed by atoms with E-state index in [2.05, 4.69) is 20.8 Å². The SMILES string of the molecule is C=CC(=O)OCCOC(=O)OCCOC(=O)SC1COCOC1. The van der Waals surface area contributed by atoms with E-state index in [1.54, 1.807) is 0 Å². The molecule has 10 heteroatoms. The van der Waals surface area contributed by atoms with Crippen LogP contribution in [-0.2, 0) is 33.2 Å². The Bertz CT molecular complexity index is 406. The highest BCUT2D eigenvalue weighted by Crippen LogP contribution is 2.17. The van der Waals surface area contributed by atoms with Crippen LogP contribution in [0.1, 0.15) is 0 Å². The lowest BCUT2D eigenvalue weighted by Gasteiger charge is -2.20. The van der Waals surface area contributed by atoms with E-state index in [-0.39, 0.29) is 38.5 Å². The smallest absolute Gasteiger partial charge is 0.459 e. The lowest BCUT2D eigenvalue weighted by Crippen LogP contribution is -2.27. The first kappa shape index (κ1) is 19.3. The first-order chi connectivity index (χ1) is 11.1. The maximum atomic E-state index is 11.5. The molecule has 1 rings (SSSR count). The summed E-state index contributed by atoms with van der Waals surface area (Å²) in [7, 11) is 0. The highest BCUT2D eigenvalue weighted by Gasteiger charge is 2.19. The minimum atomic E-state index is -0.947. The van der Waals surface area contributed by atoms with Crippen LogP contribution in [0.2, 0.25) is 0 Å². The maximum Gasteiger partial charge on any atom is 0.508 e. The van der Waals surface area contributed by atoms with Crippen molar-refractivity contribution in [2.75, 3.05) is 46.4 Å². The molecule has 23 heavy (non-hydrogen) atoms. The summed E-state index contributed by atoms with van der Waals surface area (Å²) >= 11 is 0.962. The van der Waals surface area contributed by atoms with Gasteiger partial charge in [-0.25, -0.2) is 14.4 Å². The van der Waals surface area contributed by atoms with Crippen LogP contribution in [0.25, 0.3) is 0 Å². The third kappa shape index (κ3) is 9.76. The van der Waals surface area contributed by atoms with Gasteiger partial charge in [-0.2, -0.15) is 0 Å². The molecule has 1 fully saturated rings. The Labute approximate surface area is 137 Å². The third-order valence-electron chi connectivity index (χ3n) is 2.27. The molecule has 0 N–H and O–H groups in total. The number of esters is 1. The van der Waals surface area contributed by atoms with Crippen LogP contribution in [0.15, 0.2) is 12.7 Å². The Kier molecular flexibility index (Phi) is 9.84. The molecule has 9 nitrogen and oxygen atoms in total. The molecule has 1 heterocycles. The van der Waals surface area contributed by atoms with Gasteiger partial charge in [-0.1, -0.05) is 6.58 Å². The highest BCUT2D eigenvalue weighted by molar-refractivity contribution is 8.13. The normalized spacial score (nSPS) is 14.6. The van der Waals surface area contributed by atoms with Gasteiger partial charge < -0.3 is 28.4 Å². The number of ether oxygens (including phenoxy) is 6. The van der Waals surface area contributed by atoms with Crippen LogP contribution < -0.4 is 0 Å². The molecule has 0 aromatic rings. The van der Waals surface area contributed by atoms with Gasteiger partial charge in [-0.15, -0.1) is 0 Å². The Balaban J connectivity index is 1.96. The summed E-state index contributed by atoms with van der Waals surface area (Å²) in [5.41, 5.74) is 0. The molecule has 0 saturated carbocycles. The van der Waals surface area contributed by atoms with Gasteiger partial charge in [0, 0.05) is 6.08 Å². The maximum absolute atomic E-state index is 11.5. The van der Waals surface area contributed by atoms with Gasteiger partial charge in [0.25, 0.3) is 0 Å². The first-order valence-electron chi connectivity index (χ1n) is 6.69. The Morgan fingerprint density at radius 3 is 2.17 bits per heavy atom. The zero-order chi connectivity index (χ0) is 16.9. The van der Waals surface area contributed by atoms with Crippen molar-refractivity contribution in [3.63, 3.8) is 0 Å². The molecule has 1 aliphatic rings. The van der Waals surface area contributed by atoms with E-state index in [0.717, 1.165) is 17.8 Å². The third-order valence-corrected chi connectivity index (χ3v) is 3.19. The molecule has 1 saturated heterocycles. The predicted octanol–water partition coefficient (Wildman–Crippen LogP) is 1.11. The monoisotopic (exact) mass is 350 g/mol. The van der Waals surface area contributed by atoms with E-state index in [1.165, 1.54) is 0 Å². The van der Waals surface area contributed by atoms with Gasteiger partial charge in [0.05, 0.1) is 18.5 Å². The molecular weight excluding hydrogens is 332 g/mol. The average molecular weight is 350 g/mol. The van der Waals surface area contributed by atoms with E-state index >= 15 is 0 Å². The van der Waals surface area contributed by atoms with E-state index < -0.39 is 17.4 Å². The van der Waals surface area contributed by atoms with Crippen LogP contribution in [0, 0.1) is 0 Å². The summed E-state index contributed by atoms with van der Waals surface area (Å²) in [5, 5.41) is -0.613. The molecule has 0 unspecified atom stereocenters. The van der Waals surface area contributed by atoms with E-state index in [1.807, 2.05) is 0 Å². The topological polar surface area (TPSA) is 107 Å². The minimum Gasteiger partial charge on any atom is -0.459 e. The van der Waals surface area contributed by atoms with Crippen molar-refractivity contribution < 1.29 is 42.8 Å². The fraction of sp³-hybridized carbons (Fsp3) is 0.615. The van der Waals surface area contributed by atoms with Gasteiger partial charge in [0.1, 0.15) is 33.2 Å². The van der Waals surface area contributed by atoms with Gasteiger partial charge in [-0.3, -0.25) is 0 Å². The Hall–Kier alpha value is -1.78. The van der Waals surface area contributed by atoms with Crippen molar-refractivity contribution in [2.24, 2.45) is 0 Å². The Morgan fingerprint density at radius 2 is 1.57 bits per heavy atom. The van der Waals surface area contributed by atoms with Gasteiger partial charge in [-0.05, 0) is 11.8 Å². The van der Waals surface area contributed by atoms with Crippen LogP contribution >= 0.6 is 11.8 Å². The molecule has 0 amide bonds. The second-order valence-electron chi connectivity index (χ2n) is 4.02. The summed E-state index contributed by atoms with van der Waals surface area (Å²) in [6.07, 6.45) is 0.0495. The molecule has 0 bridgehead atoms. The zero-order valence-electron chi connectivity index (χ0n) is 12.4. The molecular formula is C13H18O9S. The van der Waals surface area contributed by atoms with E-state index in [9.17, 15) is 14.4 Å². The molecule has 1 aliphatic heterocycles. The van der Waals surface area contributed by atoms with Crippen molar-refractivity contribution >= 4 is 29.2 Å². The first-order valence-corrected chi connectivity index (χ1v) is 7.57. The quantitative estimate of drug-likeness (QED) is 0.273. The summed E-state index contributed by atoms with van der Waals surface area (Å²) < 4.78 is 28.8. The molecule has 0 spiro atoms. The summed E-state index contributed by atoms with van der Waals surface area (Å²) in [4.78, 5) is 33.3. The van der Waals surface area contributed by atoms with Crippen molar-refractivity contribution in [1.29, 1.82) is 0 Å². The molecule has 130 valence electrons. The number of rotatable bonds is 8. The lowest BCUT2D eigenvalue weighted by molar-refractivity contribution is -0.139. The molecule has 0 aromatic carbocycles. The molecule has 0 aliphatic carbocycles. The van der Waals surface area contributed by atoms with Gasteiger partial charge >= 0.3 is 17.4 Å². The highest BCUT2D eigenvalue weighted by atomic mass is 32.2. The second kappa shape index (κ2) is 11.7. The standard InChI is InChI=1S/C13H18O9S/c1-2-11(14)19-3-4-20-12(15)21-5-6-22-13(16)23-10-7-17-9-18-8-10/h2,10H,1,3-9H2. The number of hydrogen-bond donors (Lipinski definition) is 0. The van der Waals surface area contributed by atoms with E-state index in [4.69, 9.17) is 14.2 Å². The Morgan fingerprint density at radius 1 is 1.00 bits per heavy atom. The molecule has 0 aromatic heterocycles. The largest absolute Gasteiger partial charge is 0.508 e. The minimum absolute atomic E-state index is 0.0964. The van der Waals surface area contributed by atoms with Crippen molar-refractivity contribution in [3.8, 4) is 0 Å². The van der Waals surface area contributed by atoms with Crippen LogP contribution in [0.5, 0.6) is 0 Å². The number of carbonyl (C=O) groups excluding carboxylic acids is 3. The van der Waals surface area contributed by atoms with E-state index in [0.29, 0.717) is 13.2 Å². The summed E-state index contributed by atoms with van der Waals surface area (Å²) in [6, 6.07) is 0. The number of thioether (sulfide) groups is 1. The number of carbonyl (C=O) groups is 3. The van der Waals surface area contributed by atoms with Crippen molar-refractivity contribution in [1.82, 2.24) is 0 Å². The van der Waals surface area contributed by atoms with Crippen LogP contribution in [0.3, 0.4) is 0 Å². The summed E-state index contributed by atoms with van der Waals surface area (Å²) in [6.45, 7) is 3.79. The number of hydrogen-bond acceptors (Lipinski definition) is 10. The van der Waals surface area contributed by atoms with Gasteiger partial charge in [0.15, 0.2) is 0 Å². The van der Waals surface area contributed by atoms with Crippen LogP contribution in [-0.4, -0.2) is 69.1 Å². The van der Waals surface area contributed by atoms with Gasteiger partial charge in [0.2, 0.25) is 0 Å². The van der Waals surface area contributed by atoms with Crippen molar-refractivity contribution in [3.05, 3.63) is 12.7 Å². The van der Waals surface area contributed by atoms with Crippen LogP contribution in [0.4, 0.5) is 9.59 Å². The fourth-order valence-electron chi connectivity index (χ4n) is 1.32. The predicted molar refractivity (Wildman–Crippen MR) is 78.0 cm³/mol. The second-order valence-corrected chi connectivity index (χ2v) is 5.25. The average Bonchev–Trinajstić information content (AvgIpc) is 2.56. The fourth-order valence-corrected chi connectivity index (χ4v) is 2.07. The summed E-state index contributed by atoms with van der Waals surface area (Å²) in [5.74, 6) is -0.611. The zero-order valence-corrected chi connectivity index (χ0v) is 13.2. The lowest BCUT2D eigenvalue weighted by atomic mass is 10.5. The van der Waals surface area contributed by atoms with Crippen molar-refractivity contribution in [2.45, 2.75) is 5.25 Å².